The maximum Gasteiger partial charge on any atom is 0.306 e. The Morgan fingerprint density at radius 3 is 0.698 bits per heavy atom. The lowest BCUT2D eigenvalue weighted by Gasteiger charge is -2.15. The van der Waals surface area contributed by atoms with E-state index in [-0.39, 0.29) is 25.2 Å². The Morgan fingerprint density at radius 2 is 0.492 bits per heavy atom. The Labute approximate surface area is 395 Å². The van der Waals surface area contributed by atoms with Crippen LogP contribution >= 0.6 is 0 Å². The van der Waals surface area contributed by atoms with Crippen LogP contribution in [0.3, 0.4) is 0 Å². The molecule has 0 radical (unpaired) electrons. The fourth-order valence-corrected chi connectivity index (χ4v) is 9.27. The van der Waals surface area contributed by atoms with Gasteiger partial charge in [-0.25, -0.2) is 0 Å². The van der Waals surface area contributed by atoms with Gasteiger partial charge in [0, 0.05) is 12.8 Å². The summed E-state index contributed by atoms with van der Waals surface area (Å²) < 4.78 is 10.7. The quantitative estimate of drug-likeness (QED) is 0.0486. The fourth-order valence-electron chi connectivity index (χ4n) is 9.27. The Bertz CT molecular complexity index is 875. The second kappa shape index (κ2) is 55.2. The van der Waals surface area contributed by atoms with Crippen molar-refractivity contribution in [3.05, 3.63) is 0 Å². The van der Waals surface area contributed by atoms with Gasteiger partial charge in [0.1, 0.15) is 6.61 Å². The highest BCUT2D eigenvalue weighted by Gasteiger charge is 2.16. The lowest BCUT2D eigenvalue weighted by molar-refractivity contribution is -0.161. The number of aliphatic hydroxyl groups excluding tert-OH is 1. The molecule has 376 valence electrons. The normalized spacial score (nSPS) is 12.0. The van der Waals surface area contributed by atoms with Gasteiger partial charge in [-0.15, -0.1) is 0 Å². The van der Waals surface area contributed by atoms with E-state index >= 15 is 0 Å². The molecule has 0 aliphatic carbocycles. The highest BCUT2D eigenvalue weighted by molar-refractivity contribution is 5.70. The summed E-state index contributed by atoms with van der Waals surface area (Å²) in [7, 11) is 0. The SMILES string of the molecule is CCCCCCCCCCCCCCCCCCCCCCCCCCCCCC(=O)OC(CO)COC(=O)CCCCCCCCCCCCCCCCCCCCCCCC. The zero-order valence-electron chi connectivity index (χ0n) is 43.1. The molecule has 0 aromatic carbocycles. The van der Waals surface area contributed by atoms with Gasteiger partial charge in [0.15, 0.2) is 6.10 Å². The smallest absolute Gasteiger partial charge is 0.306 e. The lowest BCUT2D eigenvalue weighted by atomic mass is 10.0. The van der Waals surface area contributed by atoms with Crippen LogP contribution in [0.4, 0.5) is 0 Å². The minimum atomic E-state index is -0.764. The molecule has 0 saturated carbocycles. The highest BCUT2D eigenvalue weighted by Crippen LogP contribution is 2.18. The van der Waals surface area contributed by atoms with E-state index in [9.17, 15) is 14.7 Å². The number of aliphatic hydroxyl groups is 1. The predicted octanol–water partition coefficient (Wildman–Crippen LogP) is 19.4. The van der Waals surface area contributed by atoms with E-state index < -0.39 is 6.10 Å². The number of ether oxygens (including phenoxy) is 2. The fraction of sp³-hybridized carbons (Fsp3) is 0.966. The topological polar surface area (TPSA) is 72.8 Å². The lowest BCUT2D eigenvalue weighted by Crippen LogP contribution is -2.28. The number of hydrogen-bond donors (Lipinski definition) is 1. The van der Waals surface area contributed by atoms with Crippen molar-refractivity contribution < 1.29 is 24.2 Å². The molecule has 0 amide bonds. The minimum absolute atomic E-state index is 0.0556. The van der Waals surface area contributed by atoms with E-state index in [1.165, 1.54) is 283 Å². The van der Waals surface area contributed by atoms with E-state index in [0.29, 0.717) is 12.8 Å². The van der Waals surface area contributed by atoms with Gasteiger partial charge in [-0.2, -0.15) is 0 Å². The van der Waals surface area contributed by atoms with Gasteiger partial charge >= 0.3 is 11.9 Å². The van der Waals surface area contributed by atoms with Crippen molar-refractivity contribution in [1.29, 1.82) is 0 Å². The molecule has 0 aromatic rings. The van der Waals surface area contributed by atoms with E-state index in [2.05, 4.69) is 13.8 Å². The molecule has 5 nitrogen and oxygen atoms in total. The highest BCUT2D eigenvalue weighted by atomic mass is 16.6. The van der Waals surface area contributed by atoms with Crippen LogP contribution in [-0.2, 0) is 19.1 Å². The molecule has 0 aromatic heterocycles. The van der Waals surface area contributed by atoms with Gasteiger partial charge in [0.2, 0.25) is 0 Å². The van der Waals surface area contributed by atoms with Gasteiger partial charge in [-0.1, -0.05) is 316 Å². The first kappa shape index (κ1) is 61.9. The van der Waals surface area contributed by atoms with E-state index in [1.807, 2.05) is 0 Å². The van der Waals surface area contributed by atoms with E-state index in [0.717, 1.165) is 32.1 Å². The number of carbonyl (C=O) groups is 2. The summed E-state index contributed by atoms with van der Waals surface area (Å²) in [6.07, 6.45) is 66.6. The first-order valence-corrected chi connectivity index (χ1v) is 29.1. The molecule has 5 heteroatoms. The van der Waals surface area contributed by atoms with Crippen molar-refractivity contribution in [1.82, 2.24) is 0 Å². The number of carbonyl (C=O) groups excluding carboxylic acids is 2. The third-order valence-electron chi connectivity index (χ3n) is 13.7. The van der Waals surface area contributed by atoms with Crippen LogP contribution in [0.1, 0.15) is 341 Å². The first-order valence-electron chi connectivity index (χ1n) is 29.1. The third-order valence-corrected chi connectivity index (χ3v) is 13.7. The number of unbranched alkanes of at least 4 members (excludes halogenated alkanes) is 47. The van der Waals surface area contributed by atoms with Crippen LogP contribution < -0.4 is 0 Å². The van der Waals surface area contributed by atoms with Crippen LogP contribution in [0.5, 0.6) is 0 Å². The summed E-state index contributed by atoms with van der Waals surface area (Å²) in [6, 6.07) is 0. The average molecular weight is 892 g/mol. The van der Waals surface area contributed by atoms with Gasteiger partial charge in [-0.3, -0.25) is 9.59 Å². The zero-order valence-corrected chi connectivity index (χ0v) is 43.1. The number of hydrogen-bond acceptors (Lipinski definition) is 5. The summed E-state index contributed by atoms with van der Waals surface area (Å²) >= 11 is 0. The molecule has 0 rings (SSSR count). The van der Waals surface area contributed by atoms with Crippen LogP contribution in [0.2, 0.25) is 0 Å². The molecule has 0 heterocycles. The summed E-state index contributed by atoms with van der Waals surface area (Å²) in [5.74, 6) is -0.562. The van der Waals surface area contributed by atoms with E-state index in [1.54, 1.807) is 0 Å². The Kier molecular flexibility index (Phi) is 54.3. The van der Waals surface area contributed by atoms with Crippen molar-refractivity contribution >= 4 is 11.9 Å². The maximum absolute atomic E-state index is 12.3. The van der Waals surface area contributed by atoms with Crippen LogP contribution in [-0.4, -0.2) is 36.4 Å². The van der Waals surface area contributed by atoms with Crippen molar-refractivity contribution in [2.24, 2.45) is 0 Å². The molecular formula is C58H114O5. The maximum atomic E-state index is 12.3. The second-order valence-electron chi connectivity index (χ2n) is 20.1. The van der Waals surface area contributed by atoms with Crippen molar-refractivity contribution in [3.63, 3.8) is 0 Å². The molecule has 1 unspecified atom stereocenters. The van der Waals surface area contributed by atoms with Crippen LogP contribution in [0.25, 0.3) is 0 Å². The van der Waals surface area contributed by atoms with Crippen molar-refractivity contribution in [2.75, 3.05) is 13.2 Å². The largest absolute Gasteiger partial charge is 0.462 e. The molecule has 63 heavy (non-hydrogen) atoms. The van der Waals surface area contributed by atoms with Gasteiger partial charge in [0.05, 0.1) is 6.61 Å². The molecule has 0 spiro atoms. The summed E-state index contributed by atoms with van der Waals surface area (Å²) in [6.45, 7) is 4.21. The molecule has 0 saturated heterocycles. The molecule has 0 fully saturated rings. The minimum Gasteiger partial charge on any atom is -0.462 e. The van der Waals surface area contributed by atoms with Crippen molar-refractivity contribution in [3.8, 4) is 0 Å². The van der Waals surface area contributed by atoms with Gasteiger partial charge in [0.25, 0.3) is 0 Å². The second-order valence-corrected chi connectivity index (χ2v) is 20.1. The zero-order chi connectivity index (χ0) is 45.6. The number of esters is 2. The van der Waals surface area contributed by atoms with E-state index in [4.69, 9.17) is 9.47 Å². The summed E-state index contributed by atoms with van der Waals surface area (Å²) in [5.41, 5.74) is 0. The molecule has 1 N–H and O–H groups in total. The Morgan fingerprint density at radius 1 is 0.302 bits per heavy atom. The van der Waals surface area contributed by atoms with Crippen LogP contribution in [0.15, 0.2) is 0 Å². The Hall–Kier alpha value is -1.10. The summed E-state index contributed by atoms with van der Waals surface area (Å²) in [5, 5.41) is 9.65. The van der Waals surface area contributed by atoms with Crippen LogP contribution in [0, 0.1) is 0 Å². The molecule has 0 bridgehead atoms. The summed E-state index contributed by atoms with van der Waals surface area (Å²) in [4.78, 5) is 24.5. The molecule has 0 aliphatic heterocycles. The van der Waals surface area contributed by atoms with Gasteiger partial charge < -0.3 is 14.6 Å². The average Bonchev–Trinajstić information content (AvgIpc) is 3.29. The van der Waals surface area contributed by atoms with Gasteiger partial charge in [-0.05, 0) is 12.8 Å². The number of rotatable bonds is 55. The predicted molar refractivity (Wildman–Crippen MR) is 275 cm³/mol. The molecular weight excluding hydrogens is 777 g/mol. The monoisotopic (exact) mass is 891 g/mol. The molecule has 1 atom stereocenters. The van der Waals surface area contributed by atoms with Crippen molar-refractivity contribution in [2.45, 2.75) is 347 Å². The third kappa shape index (κ3) is 53.4. The molecule has 0 aliphatic rings. The standard InChI is InChI=1S/C58H114O5/c1-3-5-7-9-11-13-15-17-19-21-23-25-27-28-29-30-31-33-35-37-39-41-43-45-47-49-51-53-58(61)63-56(54-59)55-62-57(60)52-50-48-46-44-42-40-38-36-34-32-26-24-22-20-18-16-14-12-10-8-6-4-2/h56,59H,3-55H2,1-2H3. The Balaban J connectivity index is 3.39. The first-order chi connectivity index (χ1) is 31.1.